The number of anilines is 2. The van der Waals surface area contributed by atoms with Crippen molar-refractivity contribution in [1.29, 1.82) is 0 Å². The van der Waals surface area contributed by atoms with Gasteiger partial charge in [0.1, 0.15) is 0 Å². The summed E-state index contributed by atoms with van der Waals surface area (Å²) in [4.78, 5) is 12.7. The number of carbonyl (C=O) groups excluding carboxylic acids is 1. The summed E-state index contributed by atoms with van der Waals surface area (Å²) in [5, 5.41) is 2.74. The number of sulfonamides is 2. The van der Waals surface area contributed by atoms with Gasteiger partial charge >= 0.3 is 0 Å². The van der Waals surface area contributed by atoms with Gasteiger partial charge in [-0.15, -0.1) is 0 Å². The van der Waals surface area contributed by atoms with Gasteiger partial charge in [-0.05, 0) is 66.9 Å². The molecule has 3 aromatic rings. The Hall–Kier alpha value is -3.37. The highest BCUT2D eigenvalue weighted by Crippen LogP contribution is 2.21. The molecule has 0 unspecified atom stereocenters. The molecule has 0 aliphatic rings. The average Bonchev–Trinajstić information content (AvgIpc) is 2.73. The van der Waals surface area contributed by atoms with Gasteiger partial charge < -0.3 is 5.32 Å². The third kappa shape index (κ3) is 6.56. The van der Waals surface area contributed by atoms with Crippen molar-refractivity contribution in [2.45, 2.75) is 25.3 Å². The quantitative estimate of drug-likeness (QED) is 0.450. The van der Waals surface area contributed by atoms with E-state index in [4.69, 9.17) is 0 Å². The SMILES string of the molecule is Cc1ccc(C)c(S(=O)(=O)Nc2ccc(C(=O)NCc3ccccc3NS(C)(=O)=O)cc2)c1. The fourth-order valence-corrected chi connectivity index (χ4v) is 5.14. The summed E-state index contributed by atoms with van der Waals surface area (Å²) in [5.74, 6) is -0.381. The third-order valence-electron chi connectivity index (χ3n) is 4.78. The monoisotopic (exact) mass is 487 g/mol. The van der Waals surface area contributed by atoms with Gasteiger partial charge in [-0.1, -0.05) is 30.3 Å². The molecule has 10 heteroatoms. The van der Waals surface area contributed by atoms with Crippen LogP contribution in [0.3, 0.4) is 0 Å². The zero-order chi connectivity index (χ0) is 24.2. The fourth-order valence-electron chi connectivity index (χ4n) is 3.15. The van der Waals surface area contributed by atoms with E-state index in [0.29, 0.717) is 28.1 Å². The Morgan fingerprint density at radius 2 is 1.52 bits per heavy atom. The lowest BCUT2D eigenvalue weighted by atomic mass is 10.1. The number of hydrogen-bond donors (Lipinski definition) is 3. The van der Waals surface area contributed by atoms with Crippen LogP contribution in [0.1, 0.15) is 27.0 Å². The van der Waals surface area contributed by atoms with E-state index >= 15 is 0 Å². The van der Waals surface area contributed by atoms with Crippen LogP contribution in [0.5, 0.6) is 0 Å². The molecule has 0 bridgehead atoms. The molecule has 3 aromatic carbocycles. The molecule has 0 spiro atoms. The van der Waals surface area contributed by atoms with Crippen LogP contribution in [0.4, 0.5) is 11.4 Å². The predicted molar refractivity (Wildman–Crippen MR) is 129 cm³/mol. The van der Waals surface area contributed by atoms with Crippen molar-refractivity contribution in [3.8, 4) is 0 Å². The summed E-state index contributed by atoms with van der Waals surface area (Å²) in [5.41, 5.74) is 3.12. The van der Waals surface area contributed by atoms with Crippen molar-refractivity contribution in [2.75, 3.05) is 15.7 Å². The normalized spacial score (nSPS) is 11.6. The second-order valence-corrected chi connectivity index (χ2v) is 11.1. The molecule has 0 saturated carbocycles. The Bertz CT molecular complexity index is 1380. The van der Waals surface area contributed by atoms with E-state index in [2.05, 4.69) is 14.8 Å². The second kappa shape index (κ2) is 9.63. The molecular weight excluding hydrogens is 462 g/mol. The topological polar surface area (TPSA) is 121 Å². The van der Waals surface area contributed by atoms with Crippen molar-refractivity contribution in [2.24, 2.45) is 0 Å². The van der Waals surface area contributed by atoms with E-state index in [1.807, 2.05) is 13.0 Å². The Morgan fingerprint density at radius 3 is 2.18 bits per heavy atom. The van der Waals surface area contributed by atoms with E-state index in [0.717, 1.165) is 11.8 Å². The minimum absolute atomic E-state index is 0.110. The average molecular weight is 488 g/mol. The largest absolute Gasteiger partial charge is 0.348 e. The van der Waals surface area contributed by atoms with Gasteiger partial charge in [0.15, 0.2) is 0 Å². The van der Waals surface area contributed by atoms with Crippen LogP contribution in [0, 0.1) is 13.8 Å². The highest BCUT2D eigenvalue weighted by atomic mass is 32.2. The van der Waals surface area contributed by atoms with Gasteiger partial charge in [0.2, 0.25) is 10.0 Å². The van der Waals surface area contributed by atoms with Gasteiger partial charge in [0.25, 0.3) is 15.9 Å². The second-order valence-electron chi connectivity index (χ2n) is 7.67. The molecular formula is C23H25N3O5S2. The van der Waals surface area contributed by atoms with Crippen molar-refractivity contribution >= 4 is 37.3 Å². The summed E-state index contributed by atoms with van der Waals surface area (Å²) in [6.07, 6.45) is 1.05. The molecule has 0 aliphatic carbocycles. The maximum absolute atomic E-state index is 12.7. The third-order valence-corrected chi connectivity index (χ3v) is 6.90. The van der Waals surface area contributed by atoms with Crippen molar-refractivity contribution < 1.29 is 21.6 Å². The first-order chi connectivity index (χ1) is 15.4. The molecule has 0 atom stereocenters. The van der Waals surface area contributed by atoms with Crippen LogP contribution < -0.4 is 14.8 Å². The maximum atomic E-state index is 12.7. The number of carbonyl (C=O) groups is 1. The highest BCUT2D eigenvalue weighted by molar-refractivity contribution is 7.92. The first-order valence-electron chi connectivity index (χ1n) is 9.99. The lowest BCUT2D eigenvalue weighted by Gasteiger charge is -2.13. The maximum Gasteiger partial charge on any atom is 0.262 e. The van der Waals surface area contributed by atoms with Gasteiger partial charge in [-0.3, -0.25) is 14.2 Å². The molecule has 3 N–H and O–H groups in total. The Balaban J connectivity index is 1.68. The van der Waals surface area contributed by atoms with Crippen LogP contribution in [0.2, 0.25) is 0 Å². The van der Waals surface area contributed by atoms with Crippen LogP contribution in [0.15, 0.2) is 71.6 Å². The van der Waals surface area contributed by atoms with Crippen LogP contribution >= 0.6 is 0 Å². The number of nitrogens with one attached hydrogen (secondary N) is 3. The summed E-state index contributed by atoms with van der Waals surface area (Å²) >= 11 is 0. The van der Waals surface area contributed by atoms with E-state index in [9.17, 15) is 21.6 Å². The minimum Gasteiger partial charge on any atom is -0.348 e. The molecule has 174 valence electrons. The van der Waals surface area contributed by atoms with Crippen molar-refractivity contribution in [3.63, 3.8) is 0 Å². The Morgan fingerprint density at radius 1 is 0.848 bits per heavy atom. The molecule has 0 saturated heterocycles. The van der Waals surface area contributed by atoms with Gasteiger partial charge in [0, 0.05) is 17.8 Å². The first kappa shape index (κ1) is 24.3. The lowest BCUT2D eigenvalue weighted by molar-refractivity contribution is 0.0951. The van der Waals surface area contributed by atoms with E-state index in [1.165, 1.54) is 24.3 Å². The van der Waals surface area contributed by atoms with Crippen molar-refractivity contribution in [1.82, 2.24) is 5.32 Å². The molecule has 0 fully saturated rings. The zero-order valence-corrected chi connectivity index (χ0v) is 20.0. The fraction of sp³-hybridized carbons (Fsp3) is 0.174. The molecule has 3 rings (SSSR count). The highest BCUT2D eigenvalue weighted by Gasteiger charge is 2.17. The van der Waals surface area contributed by atoms with Gasteiger partial charge in [-0.2, -0.15) is 0 Å². The lowest BCUT2D eigenvalue weighted by Crippen LogP contribution is -2.24. The summed E-state index contributed by atoms with van der Waals surface area (Å²) in [6.45, 7) is 3.66. The molecule has 0 radical (unpaired) electrons. The summed E-state index contributed by atoms with van der Waals surface area (Å²) in [6, 6.07) is 18.0. The van der Waals surface area contributed by atoms with Gasteiger partial charge in [-0.25, -0.2) is 16.8 Å². The molecule has 8 nitrogen and oxygen atoms in total. The molecule has 1 amide bonds. The van der Waals surface area contributed by atoms with E-state index < -0.39 is 20.0 Å². The standard InChI is InChI=1S/C23H25N3O5S2/c1-16-8-9-17(2)22(14-16)33(30,31)25-20-12-10-18(11-13-20)23(27)24-15-19-6-4-5-7-21(19)26-32(3,28)29/h4-14,25-26H,15H2,1-3H3,(H,24,27). The van der Waals surface area contributed by atoms with Crippen LogP contribution in [-0.4, -0.2) is 29.0 Å². The van der Waals surface area contributed by atoms with Crippen LogP contribution in [-0.2, 0) is 26.6 Å². The van der Waals surface area contributed by atoms with Gasteiger partial charge in [0.05, 0.1) is 16.8 Å². The molecule has 0 heterocycles. The molecule has 33 heavy (non-hydrogen) atoms. The number of hydrogen-bond acceptors (Lipinski definition) is 5. The number of amides is 1. The predicted octanol–water partition coefficient (Wildman–Crippen LogP) is 3.41. The molecule has 0 aliphatic heterocycles. The zero-order valence-electron chi connectivity index (χ0n) is 18.4. The Labute approximate surface area is 194 Å². The number of rotatable bonds is 8. The Kier molecular flexibility index (Phi) is 7.09. The van der Waals surface area contributed by atoms with E-state index in [-0.39, 0.29) is 17.3 Å². The summed E-state index contributed by atoms with van der Waals surface area (Å²) < 4.78 is 53.5. The van der Waals surface area contributed by atoms with Crippen LogP contribution in [0.25, 0.3) is 0 Å². The molecule has 0 aromatic heterocycles. The summed E-state index contributed by atoms with van der Waals surface area (Å²) in [7, 11) is -7.23. The first-order valence-corrected chi connectivity index (χ1v) is 13.4. The number of para-hydroxylation sites is 1. The number of aryl methyl sites for hydroxylation is 2. The van der Waals surface area contributed by atoms with Crippen molar-refractivity contribution in [3.05, 3.63) is 89.0 Å². The minimum atomic E-state index is -3.77. The van der Waals surface area contributed by atoms with E-state index in [1.54, 1.807) is 43.3 Å². The number of benzene rings is 3. The smallest absolute Gasteiger partial charge is 0.262 e.